The maximum absolute atomic E-state index is 11.8. The zero-order valence-electron chi connectivity index (χ0n) is 12.5. The molecule has 0 aliphatic heterocycles. The van der Waals surface area contributed by atoms with Gasteiger partial charge in [-0.2, -0.15) is 0 Å². The van der Waals surface area contributed by atoms with E-state index in [1.807, 2.05) is 27.7 Å². The quantitative estimate of drug-likeness (QED) is 0.917. The van der Waals surface area contributed by atoms with Crippen molar-refractivity contribution in [3.05, 3.63) is 36.5 Å². The zero-order valence-corrected chi connectivity index (χ0v) is 12.5. The Morgan fingerprint density at radius 3 is 2.43 bits per heavy atom. The monoisotopic (exact) mass is 286 g/mol. The van der Waals surface area contributed by atoms with Crippen LogP contribution in [0.25, 0.3) is 11.3 Å². The van der Waals surface area contributed by atoms with Gasteiger partial charge in [-0.3, -0.25) is 10.3 Å². The average Bonchev–Trinajstić information content (AvgIpc) is 2.40. The highest BCUT2D eigenvalue weighted by Crippen LogP contribution is 2.20. The summed E-state index contributed by atoms with van der Waals surface area (Å²) in [4.78, 5) is 24.1. The predicted molar refractivity (Wildman–Crippen MR) is 79.9 cm³/mol. The number of amides is 1. The molecule has 0 bridgehead atoms. The molecule has 1 amide bonds. The Morgan fingerprint density at radius 2 is 1.86 bits per heavy atom. The molecule has 2 aromatic rings. The lowest BCUT2D eigenvalue weighted by molar-refractivity contribution is 0.0635. The molecule has 2 rings (SSSR count). The van der Waals surface area contributed by atoms with Gasteiger partial charge < -0.3 is 4.74 Å². The van der Waals surface area contributed by atoms with Crippen LogP contribution in [0.2, 0.25) is 0 Å². The Hall–Kier alpha value is -2.50. The summed E-state index contributed by atoms with van der Waals surface area (Å²) < 4.78 is 5.21. The molecule has 1 N–H and O–H groups in total. The van der Waals surface area contributed by atoms with Crippen LogP contribution >= 0.6 is 0 Å². The molecule has 6 nitrogen and oxygen atoms in total. The number of rotatable bonds is 2. The molecule has 2 aromatic heterocycles. The average molecular weight is 286 g/mol. The minimum atomic E-state index is -0.535. The predicted octanol–water partition coefficient (Wildman–Crippen LogP) is 3.19. The van der Waals surface area contributed by atoms with Crippen molar-refractivity contribution in [3.63, 3.8) is 0 Å². The van der Waals surface area contributed by atoms with Crippen molar-refractivity contribution >= 4 is 11.8 Å². The van der Waals surface area contributed by atoms with Crippen LogP contribution in [-0.4, -0.2) is 26.6 Å². The summed E-state index contributed by atoms with van der Waals surface area (Å²) in [6.45, 7) is 7.27. The molecular formula is C15H18N4O2. The van der Waals surface area contributed by atoms with E-state index in [0.29, 0.717) is 11.4 Å². The second-order valence-corrected chi connectivity index (χ2v) is 5.58. The Balaban J connectivity index is 2.15. The van der Waals surface area contributed by atoms with Crippen LogP contribution in [0.3, 0.4) is 0 Å². The molecule has 21 heavy (non-hydrogen) atoms. The lowest BCUT2D eigenvalue weighted by Gasteiger charge is -2.20. The van der Waals surface area contributed by atoms with E-state index >= 15 is 0 Å². The summed E-state index contributed by atoms with van der Waals surface area (Å²) in [7, 11) is 0. The van der Waals surface area contributed by atoms with Crippen LogP contribution in [0.1, 0.15) is 26.5 Å². The minimum Gasteiger partial charge on any atom is -0.444 e. The van der Waals surface area contributed by atoms with Crippen LogP contribution in [-0.2, 0) is 4.74 Å². The van der Waals surface area contributed by atoms with Gasteiger partial charge in [-0.15, -0.1) is 0 Å². The number of aromatic nitrogens is 3. The van der Waals surface area contributed by atoms with Gasteiger partial charge in [0.05, 0.1) is 17.1 Å². The lowest BCUT2D eigenvalue weighted by Crippen LogP contribution is -2.27. The van der Waals surface area contributed by atoms with Crippen molar-refractivity contribution in [1.29, 1.82) is 0 Å². The van der Waals surface area contributed by atoms with Crippen molar-refractivity contribution in [2.45, 2.75) is 33.3 Å². The largest absolute Gasteiger partial charge is 0.444 e. The molecule has 0 aliphatic rings. The Bertz CT molecular complexity index is 636. The standard InChI is InChI=1S/C15H18N4O2/c1-10-12(19-14(20)21-15(2,3)4)5-6-13(18-10)11-7-16-9-17-8-11/h5-9H,1-4H3,(H,19,20). The van der Waals surface area contributed by atoms with E-state index in [0.717, 1.165) is 11.3 Å². The number of hydrogen-bond acceptors (Lipinski definition) is 5. The van der Waals surface area contributed by atoms with Gasteiger partial charge in [0, 0.05) is 18.0 Å². The second kappa shape index (κ2) is 5.87. The Labute approximate surface area is 123 Å². The number of pyridine rings is 1. The molecule has 0 atom stereocenters. The topological polar surface area (TPSA) is 77.0 Å². The number of anilines is 1. The Morgan fingerprint density at radius 1 is 1.19 bits per heavy atom. The smallest absolute Gasteiger partial charge is 0.412 e. The molecule has 0 saturated carbocycles. The van der Waals surface area contributed by atoms with E-state index in [9.17, 15) is 4.79 Å². The molecule has 0 unspecified atom stereocenters. The fraction of sp³-hybridized carbons (Fsp3) is 0.333. The van der Waals surface area contributed by atoms with Gasteiger partial charge >= 0.3 is 6.09 Å². The number of aryl methyl sites for hydroxylation is 1. The molecule has 0 fully saturated rings. The zero-order chi connectivity index (χ0) is 15.5. The van der Waals surface area contributed by atoms with E-state index in [1.54, 1.807) is 24.5 Å². The highest BCUT2D eigenvalue weighted by Gasteiger charge is 2.17. The van der Waals surface area contributed by atoms with Gasteiger partial charge in [-0.25, -0.2) is 14.8 Å². The fourth-order valence-corrected chi connectivity index (χ4v) is 1.70. The van der Waals surface area contributed by atoms with Crippen LogP contribution in [0.15, 0.2) is 30.9 Å². The summed E-state index contributed by atoms with van der Waals surface area (Å²) >= 11 is 0. The molecule has 0 radical (unpaired) electrons. The number of hydrogen-bond donors (Lipinski definition) is 1. The highest BCUT2D eigenvalue weighted by molar-refractivity contribution is 5.85. The fourth-order valence-electron chi connectivity index (χ4n) is 1.70. The third-order valence-electron chi connectivity index (χ3n) is 2.58. The maximum atomic E-state index is 11.8. The summed E-state index contributed by atoms with van der Waals surface area (Å²) in [5.41, 5.74) is 2.35. The van der Waals surface area contributed by atoms with E-state index in [1.165, 1.54) is 6.33 Å². The van der Waals surface area contributed by atoms with E-state index in [4.69, 9.17) is 4.74 Å². The van der Waals surface area contributed by atoms with Crippen molar-refractivity contribution < 1.29 is 9.53 Å². The number of nitrogens with one attached hydrogen (secondary N) is 1. The molecular weight excluding hydrogens is 268 g/mol. The van der Waals surface area contributed by atoms with Crippen molar-refractivity contribution in [2.75, 3.05) is 5.32 Å². The molecule has 0 aromatic carbocycles. The van der Waals surface area contributed by atoms with E-state index < -0.39 is 11.7 Å². The van der Waals surface area contributed by atoms with Gasteiger partial charge in [0.15, 0.2) is 0 Å². The van der Waals surface area contributed by atoms with Crippen LogP contribution in [0, 0.1) is 6.92 Å². The molecule has 2 heterocycles. The van der Waals surface area contributed by atoms with Crippen LogP contribution in [0.4, 0.5) is 10.5 Å². The van der Waals surface area contributed by atoms with Crippen LogP contribution < -0.4 is 5.32 Å². The summed E-state index contributed by atoms with van der Waals surface area (Å²) in [6.07, 6.45) is 4.35. The molecule has 110 valence electrons. The molecule has 0 aliphatic carbocycles. The Kier molecular flexibility index (Phi) is 4.16. The third kappa shape index (κ3) is 4.24. The van der Waals surface area contributed by atoms with Crippen molar-refractivity contribution in [2.24, 2.45) is 0 Å². The minimum absolute atomic E-state index is 0.497. The first-order chi connectivity index (χ1) is 9.85. The highest BCUT2D eigenvalue weighted by atomic mass is 16.6. The van der Waals surface area contributed by atoms with Gasteiger partial charge in [-0.05, 0) is 39.8 Å². The molecule has 6 heteroatoms. The SMILES string of the molecule is Cc1nc(-c2cncnc2)ccc1NC(=O)OC(C)(C)C. The van der Waals surface area contributed by atoms with Gasteiger partial charge in [0.2, 0.25) is 0 Å². The first kappa shape index (κ1) is 14.9. The molecule has 0 saturated heterocycles. The van der Waals surface area contributed by atoms with Crippen molar-refractivity contribution in [1.82, 2.24) is 15.0 Å². The second-order valence-electron chi connectivity index (χ2n) is 5.58. The maximum Gasteiger partial charge on any atom is 0.412 e. The summed E-state index contributed by atoms with van der Waals surface area (Å²) in [5, 5.41) is 2.69. The number of carbonyl (C=O) groups excluding carboxylic acids is 1. The first-order valence-electron chi connectivity index (χ1n) is 6.58. The number of nitrogens with zero attached hydrogens (tertiary/aromatic N) is 3. The first-order valence-corrected chi connectivity index (χ1v) is 6.58. The van der Waals surface area contributed by atoms with Gasteiger partial charge in [0.1, 0.15) is 11.9 Å². The van der Waals surface area contributed by atoms with Gasteiger partial charge in [0.25, 0.3) is 0 Å². The van der Waals surface area contributed by atoms with E-state index in [2.05, 4.69) is 20.3 Å². The number of ether oxygens (including phenoxy) is 1. The lowest BCUT2D eigenvalue weighted by atomic mass is 10.2. The van der Waals surface area contributed by atoms with E-state index in [-0.39, 0.29) is 0 Å². The normalized spacial score (nSPS) is 11.0. The van der Waals surface area contributed by atoms with Gasteiger partial charge in [-0.1, -0.05) is 0 Å². The van der Waals surface area contributed by atoms with Crippen LogP contribution in [0.5, 0.6) is 0 Å². The molecule has 0 spiro atoms. The number of carbonyl (C=O) groups is 1. The van der Waals surface area contributed by atoms with Crippen molar-refractivity contribution in [3.8, 4) is 11.3 Å². The summed E-state index contributed by atoms with van der Waals surface area (Å²) in [6, 6.07) is 3.59. The third-order valence-corrected chi connectivity index (χ3v) is 2.58. The summed E-state index contributed by atoms with van der Waals surface area (Å²) in [5.74, 6) is 0.